The molecule has 144 valence electrons. The molecule has 0 saturated heterocycles. The van der Waals surface area contributed by atoms with Crippen LogP contribution in [0.15, 0.2) is 60.7 Å². The van der Waals surface area contributed by atoms with E-state index in [0.29, 0.717) is 29.7 Å². The Morgan fingerprint density at radius 3 is 2.68 bits per heavy atom. The fraction of sp³-hybridized carbons (Fsp3) is 0.182. The Kier molecular flexibility index (Phi) is 5.44. The predicted molar refractivity (Wildman–Crippen MR) is 109 cm³/mol. The number of nitrogens with one attached hydrogen (secondary N) is 1. The van der Waals surface area contributed by atoms with Crippen LogP contribution < -0.4 is 24.3 Å². The molecule has 0 aliphatic carbocycles. The van der Waals surface area contributed by atoms with Crippen molar-refractivity contribution in [2.75, 3.05) is 19.2 Å². The van der Waals surface area contributed by atoms with E-state index in [9.17, 15) is 0 Å². The third kappa shape index (κ3) is 4.26. The van der Waals surface area contributed by atoms with E-state index in [1.165, 1.54) is 0 Å². The highest BCUT2D eigenvalue weighted by atomic mass is 35.5. The van der Waals surface area contributed by atoms with E-state index >= 15 is 0 Å². The van der Waals surface area contributed by atoms with Crippen molar-refractivity contribution in [3.8, 4) is 23.0 Å². The van der Waals surface area contributed by atoms with Gasteiger partial charge < -0.3 is 24.3 Å². The van der Waals surface area contributed by atoms with Gasteiger partial charge >= 0.3 is 0 Å². The van der Waals surface area contributed by atoms with Crippen LogP contribution in [0.3, 0.4) is 0 Å². The van der Waals surface area contributed by atoms with Gasteiger partial charge in [-0.3, -0.25) is 0 Å². The lowest BCUT2D eigenvalue weighted by atomic mass is 10.2. The molecule has 1 heterocycles. The molecule has 0 amide bonds. The molecule has 3 aromatic rings. The summed E-state index contributed by atoms with van der Waals surface area (Å²) >= 11 is 6.02. The first-order valence-electron chi connectivity index (χ1n) is 8.89. The van der Waals surface area contributed by atoms with Gasteiger partial charge in [-0.25, -0.2) is 0 Å². The molecule has 6 heteroatoms. The van der Waals surface area contributed by atoms with Gasteiger partial charge in [0.15, 0.2) is 23.0 Å². The Bertz CT molecular complexity index is 977. The topological polar surface area (TPSA) is 49.0 Å². The first-order valence-corrected chi connectivity index (χ1v) is 9.27. The standard InChI is InChI=1S/C22H20ClNO4/c1-25-21-10-15(12-24-18-6-8-20-22(11-18)28-14-27-20)5-7-19(21)26-13-16-3-2-4-17(23)9-16/h2-11,24H,12-14H2,1H3. The van der Waals surface area contributed by atoms with E-state index in [1.807, 2.05) is 60.7 Å². The van der Waals surface area contributed by atoms with Gasteiger partial charge in [0.05, 0.1) is 7.11 Å². The normalized spacial score (nSPS) is 11.9. The van der Waals surface area contributed by atoms with Gasteiger partial charge in [-0.2, -0.15) is 0 Å². The molecule has 3 aromatic carbocycles. The summed E-state index contributed by atoms with van der Waals surface area (Å²) in [5.41, 5.74) is 3.04. The first-order chi connectivity index (χ1) is 13.7. The third-order valence-corrected chi connectivity index (χ3v) is 4.62. The number of fused-ring (bicyclic) bond motifs is 1. The number of benzene rings is 3. The molecule has 0 unspecified atom stereocenters. The highest BCUT2D eigenvalue weighted by Crippen LogP contribution is 2.34. The van der Waals surface area contributed by atoms with Crippen LogP contribution in [0.4, 0.5) is 5.69 Å². The summed E-state index contributed by atoms with van der Waals surface area (Å²) in [4.78, 5) is 0. The highest BCUT2D eigenvalue weighted by Gasteiger charge is 2.13. The fourth-order valence-electron chi connectivity index (χ4n) is 2.94. The van der Waals surface area contributed by atoms with Crippen LogP contribution in [0.1, 0.15) is 11.1 Å². The molecule has 1 N–H and O–H groups in total. The summed E-state index contributed by atoms with van der Waals surface area (Å²) in [7, 11) is 1.64. The monoisotopic (exact) mass is 397 g/mol. The van der Waals surface area contributed by atoms with Gasteiger partial charge in [-0.1, -0.05) is 29.8 Å². The highest BCUT2D eigenvalue weighted by molar-refractivity contribution is 6.30. The van der Waals surface area contributed by atoms with E-state index in [2.05, 4.69) is 5.32 Å². The second kappa shape index (κ2) is 8.31. The molecule has 5 nitrogen and oxygen atoms in total. The van der Waals surface area contributed by atoms with Crippen LogP contribution in [-0.4, -0.2) is 13.9 Å². The van der Waals surface area contributed by atoms with Crippen LogP contribution in [0, 0.1) is 0 Å². The minimum atomic E-state index is 0.270. The molecule has 1 aliphatic rings. The average Bonchev–Trinajstić information content (AvgIpc) is 3.19. The predicted octanol–water partition coefficient (Wildman–Crippen LogP) is 5.27. The minimum Gasteiger partial charge on any atom is -0.493 e. The van der Waals surface area contributed by atoms with Gasteiger partial charge in [-0.05, 0) is 47.5 Å². The largest absolute Gasteiger partial charge is 0.493 e. The van der Waals surface area contributed by atoms with Crippen molar-refractivity contribution in [2.45, 2.75) is 13.2 Å². The zero-order valence-corrected chi connectivity index (χ0v) is 16.2. The van der Waals surface area contributed by atoms with Crippen LogP contribution in [0.5, 0.6) is 23.0 Å². The van der Waals surface area contributed by atoms with E-state index in [4.69, 9.17) is 30.5 Å². The summed E-state index contributed by atoms with van der Waals surface area (Å²) in [6.07, 6.45) is 0. The average molecular weight is 398 g/mol. The number of methoxy groups -OCH3 is 1. The SMILES string of the molecule is COc1cc(CNc2ccc3c(c2)OCO3)ccc1OCc1cccc(Cl)c1. The smallest absolute Gasteiger partial charge is 0.231 e. The quantitative estimate of drug-likeness (QED) is 0.588. The molecule has 0 saturated carbocycles. The van der Waals surface area contributed by atoms with Crippen molar-refractivity contribution >= 4 is 17.3 Å². The van der Waals surface area contributed by atoms with E-state index < -0.39 is 0 Å². The zero-order valence-electron chi connectivity index (χ0n) is 15.4. The van der Waals surface area contributed by atoms with Crippen LogP contribution in [-0.2, 0) is 13.2 Å². The maximum atomic E-state index is 6.02. The van der Waals surface area contributed by atoms with Gasteiger partial charge in [0.1, 0.15) is 6.61 Å². The van der Waals surface area contributed by atoms with Gasteiger partial charge in [0, 0.05) is 23.3 Å². The Labute approximate surface area is 168 Å². The van der Waals surface area contributed by atoms with Gasteiger partial charge in [-0.15, -0.1) is 0 Å². The van der Waals surface area contributed by atoms with Crippen LogP contribution in [0.2, 0.25) is 5.02 Å². The number of halogens is 1. The van der Waals surface area contributed by atoms with E-state index in [0.717, 1.165) is 28.3 Å². The molecule has 28 heavy (non-hydrogen) atoms. The fourth-order valence-corrected chi connectivity index (χ4v) is 3.15. The number of ether oxygens (including phenoxy) is 4. The van der Waals surface area contributed by atoms with Gasteiger partial charge in [0.2, 0.25) is 6.79 Å². The van der Waals surface area contributed by atoms with Crippen molar-refractivity contribution in [1.29, 1.82) is 0 Å². The lowest BCUT2D eigenvalue weighted by Crippen LogP contribution is -2.02. The number of anilines is 1. The Balaban J connectivity index is 1.40. The summed E-state index contributed by atoms with van der Waals surface area (Å²) < 4.78 is 22.1. The second-order valence-electron chi connectivity index (χ2n) is 6.33. The van der Waals surface area contributed by atoms with E-state index in [1.54, 1.807) is 7.11 Å². The maximum Gasteiger partial charge on any atom is 0.231 e. The second-order valence-corrected chi connectivity index (χ2v) is 6.76. The molecule has 4 rings (SSSR count). The van der Waals surface area contributed by atoms with Crippen LogP contribution in [0.25, 0.3) is 0 Å². The van der Waals surface area contributed by atoms with Gasteiger partial charge in [0.25, 0.3) is 0 Å². The molecular weight excluding hydrogens is 378 g/mol. The maximum absolute atomic E-state index is 6.02. The number of rotatable bonds is 7. The molecule has 1 aliphatic heterocycles. The minimum absolute atomic E-state index is 0.270. The first kappa shape index (κ1) is 18.3. The number of hydrogen-bond acceptors (Lipinski definition) is 5. The third-order valence-electron chi connectivity index (χ3n) is 4.38. The van der Waals surface area contributed by atoms with E-state index in [-0.39, 0.29) is 6.79 Å². The zero-order chi connectivity index (χ0) is 19.3. The molecular formula is C22H20ClNO4. The van der Waals surface area contributed by atoms with Crippen molar-refractivity contribution in [1.82, 2.24) is 0 Å². The summed E-state index contributed by atoms with van der Waals surface area (Å²) in [5.74, 6) is 2.90. The van der Waals surface area contributed by atoms with Crippen molar-refractivity contribution < 1.29 is 18.9 Å². The van der Waals surface area contributed by atoms with Crippen molar-refractivity contribution in [3.05, 3.63) is 76.8 Å². The Morgan fingerprint density at radius 2 is 1.82 bits per heavy atom. The summed E-state index contributed by atoms with van der Waals surface area (Å²) in [6.45, 7) is 1.34. The molecule has 0 bridgehead atoms. The Morgan fingerprint density at radius 1 is 0.929 bits per heavy atom. The lowest BCUT2D eigenvalue weighted by molar-refractivity contribution is 0.174. The van der Waals surface area contributed by atoms with Crippen molar-refractivity contribution in [3.63, 3.8) is 0 Å². The Hall–Kier alpha value is -3.05. The van der Waals surface area contributed by atoms with Crippen molar-refractivity contribution in [2.24, 2.45) is 0 Å². The molecule has 0 aromatic heterocycles. The summed E-state index contributed by atoms with van der Waals surface area (Å²) in [6, 6.07) is 19.3. The molecule has 0 radical (unpaired) electrons. The lowest BCUT2D eigenvalue weighted by Gasteiger charge is -2.13. The molecule has 0 fully saturated rings. The van der Waals surface area contributed by atoms with Crippen LogP contribution >= 0.6 is 11.6 Å². The number of hydrogen-bond donors (Lipinski definition) is 1. The summed E-state index contributed by atoms with van der Waals surface area (Å²) in [5, 5.41) is 4.07. The molecule has 0 atom stereocenters. The molecule has 0 spiro atoms.